The summed E-state index contributed by atoms with van der Waals surface area (Å²) in [7, 11) is -3.46. The van der Waals surface area contributed by atoms with Gasteiger partial charge in [-0.15, -0.1) is 0 Å². The van der Waals surface area contributed by atoms with Gasteiger partial charge >= 0.3 is 0 Å². The molecular formula is C19H27N5O2S2. The Balaban J connectivity index is 1.36. The molecular weight excluding hydrogens is 394 g/mol. The van der Waals surface area contributed by atoms with Crippen LogP contribution in [0.5, 0.6) is 0 Å². The molecule has 0 amide bonds. The van der Waals surface area contributed by atoms with Gasteiger partial charge in [0.1, 0.15) is 0 Å². The average molecular weight is 422 g/mol. The van der Waals surface area contributed by atoms with Gasteiger partial charge in [-0.05, 0) is 44.7 Å². The van der Waals surface area contributed by atoms with Gasteiger partial charge in [0.15, 0.2) is 0 Å². The summed E-state index contributed by atoms with van der Waals surface area (Å²) < 4.78 is 34.2. The smallest absolute Gasteiger partial charge is 0.241 e. The van der Waals surface area contributed by atoms with Crippen molar-refractivity contribution in [2.75, 3.05) is 18.4 Å². The molecule has 1 aromatic carbocycles. The Morgan fingerprint density at radius 3 is 2.43 bits per heavy atom. The van der Waals surface area contributed by atoms with Crippen molar-refractivity contribution >= 4 is 32.5 Å². The third-order valence-corrected chi connectivity index (χ3v) is 7.10. The maximum Gasteiger partial charge on any atom is 0.241 e. The maximum absolute atomic E-state index is 12.6. The Bertz CT molecular complexity index is 1020. The number of aryl methyl sites for hydroxylation is 3. The first-order chi connectivity index (χ1) is 13.4. The zero-order chi connectivity index (χ0) is 20.1. The molecule has 0 aliphatic rings. The molecule has 3 rings (SSSR count). The lowest BCUT2D eigenvalue weighted by atomic mass is 10.1. The Morgan fingerprint density at radius 2 is 1.71 bits per heavy atom. The first-order valence-corrected chi connectivity index (χ1v) is 11.7. The van der Waals surface area contributed by atoms with Crippen LogP contribution in [0.15, 0.2) is 29.4 Å². The lowest BCUT2D eigenvalue weighted by Crippen LogP contribution is -2.26. The van der Waals surface area contributed by atoms with E-state index in [1.165, 1.54) is 11.5 Å². The van der Waals surface area contributed by atoms with Crippen LogP contribution in [-0.2, 0) is 10.0 Å². The van der Waals surface area contributed by atoms with Crippen molar-refractivity contribution in [3.05, 3.63) is 41.2 Å². The van der Waals surface area contributed by atoms with Gasteiger partial charge in [0.2, 0.25) is 20.9 Å². The van der Waals surface area contributed by atoms with E-state index in [9.17, 15) is 8.42 Å². The highest BCUT2D eigenvalue weighted by Crippen LogP contribution is 2.21. The number of nitrogens with one attached hydrogen (secondary N) is 2. The van der Waals surface area contributed by atoms with E-state index in [1.54, 1.807) is 6.20 Å². The van der Waals surface area contributed by atoms with Crippen LogP contribution >= 0.6 is 11.5 Å². The molecule has 152 valence electrons. The second kappa shape index (κ2) is 9.02. The topological polar surface area (TPSA) is 88.4 Å². The summed E-state index contributed by atoms with van der Waals surface area (Å²) in [4.78, 5) is 5.49. The monoisotopic (exact) mass is 421 g/mol. The molecule has 0 fully saturated rings. The SMILES string of the molecule is Cc1cc(C)c(S(=O)(=O)NCCCCCCNc2nsc3nccn23)c(C)c1. The van der Waals surface area contributed by atoms with Gasteiger partial charge in [-0.2, -0.15) is 4.37 Å². The Hall–Kier alpha value is -1.97. The normalized spacial score (nSPS) is 12.0. The number of sulfonamides is 1. The van der Waals surface area contributed by atoms with E-state index in [0.717, 1.165) is 59.8 Å². The molecule has 3 aromatic rings. The highest BCUT2D eigenvalue weighted by molar-refractivity contribution is 7.89. The van der Waals surface area contributed by atoms with Crippen molar-refractivity contribution in [1.82, 2.24) is 18.5 Å². The Kier molecular flexibility index (Phi) is 6.69. The van der Waals surface area contributed by atoms with E-state index in [4.69, 9.17) is 0 Å². The van der Waals surface area contributed by atoms with Gasteiger partial charge < -0.3 is 5.32 Å². The molecule has 28 heavy (non-hydrogen) atoms. The minimum atomic E-state index is -3.46. The zero-order valence-corrected chi connectivity index (χ0v) is 18.2. The fourth-order valence-corrected chi connectivity index (χ4v) is 5.62. The van der Waals surface area contributed by atoms with Crippen molar-refractivity contribution in [3.8, 4) is 0 Å². The second-order valence-electron chi connectivity index (χ2n) is 7.05. The van der Waals surface area contributed by atoms with Gasteiger partial charge in [0, 0.05) is 37.0 Å². The molecule has 0 bridgehead atoms. The van der Waals surface area contributed by atoms with Gasteiger partial charge in [-0.25, -0.2) is 18.1 Å². The van der Waals surface area contributed by atoms with Gasteiger partial charge in [-0.3, -0.25) is 4.40 Å². The highest BCUT2D eigenvalue weighted by Gasteiger charge is 2.19. The standard InChI is InChI=1S/C19H27N5O2S2/c1-14-12-15(2)17(16(3)13-14)28(25,26)22-9-7-5-4-6-8-20-18-23-27-19-21-10-11-24(18)19/h10-13,22H,4-9H2,1-3H3,(H,20,23). The van der Waals surface area contributed by atoms with E-state index in [1.807, 2.05) is 43.5 Å². The number of unbranched alkanes of at least 4 members (excludes halogenated alkanes) is 3. The number of aromatic nitrogens is 3. The fourth-order valence-electron chi connectivity index (χ4n) is 3.44. The van der Waals surface area contributed by atoms with Crippen molar-refractivity contribution < 1.29 is 8.42 Å². The van der Waals surface area contributed by atoms with Crippen LogP contribution in [0.25, 0.3) is 4.96 Å². The predicted molar refractivity (Wildman–Crippen MR) is 114 cm³/mol. The number of hydrogen-bond acceptors (Lipinski definition) is 6. The van der Waals surface area contributed by atoms with Crippen LogP contribution in [0.1, 0.15) is 42.4 Å². The molecule has 0 unspecified atom stereocenters. The van der Waals surface area contributed by atoms with Crippen molar-refractivity contribution in [2.24, 2.45) is 0 Å². The van der Waals surface area contributed by atoms with Crippen LogP contribution < -0.4 is 10.0 Å². The molecule has 0 saturated heterocycles. The summed E-state index contributed by atoms with van der Waals surface area (Å²) in [5, 5.41) is 3.32. The molecule has 0 atom stereocenters. The molecule has 7 nitrogen and oxygen atoms in total. The van der Waals surface area contributed by atoms with Gasteiger partial charge in [0.05, 0.1) is 4.90 Å². The van der Waals surface area contributed by atoms with Crippen molar-refractivity contribution in [3.63, 3.8) is 0 Å². The third kappa shape index (κ3) is 4.89. The molecule has 0 aliphatic heterocycles. The molecule has 0 saturated carbocycles. The molecule has 0 aliphatic carbocycles. The molecule has 2 heterocycles. The van der Waals surface area contributed by atoms with Gasteiger partial charge in [-0.1, -0.05) is 30.5 Å². The average Bonchev–Trinajstić information content (AvgIpc) is 3.20. The number of anilines is 1. The van der Waals surface area contributed by atoms with Crippen LogP contribution in [0.2, 0.25) is 0 Å². The van der Waals surface area contributed by atoms with E-state index in [2.05, 4.69) is 19.4 Å². The predicted octanol–water partition coefficient (Wildman–Crippen LogP) is 3.67. The van der Waals surface area contributed by atoms with Crippen molar-refractivity contribution in [1.29, 1.82) is 0 Å². The first kappa shape index (κ1) is 20.8. The zero-order valence-electron chi connectivity index (χ0n) is 16.5. The van der Waals surface area contributed by atoms with Crippen LogP contribution in [0.4, 0.5) is 5.95 Å². The quantitative estimate of drug-likeness (QED) is 0.488. The maximum atomic E-state index is 12.6. The van der Waals surface area contributed by atoms with Crippen molar-refractivity contribution in [2.45, 2.75) is 51.3 Å². The van der Waals surface area contributed by atoms with Gasteiger partial charge in [0.25, 0.3) is 0 Å². The third-order valence-electron chi connectivity index (χ3n) is 4.60. The molecule has 0 spiro atoms. The minimum absolute atomic E-state index is 0.413. The molecule has 2 N–H and O–H groups in total. The first-order valence-electron chi connectivity index (χ1n) is 9.48. The summed E-state index contributed by atoms with van der Waals surface area (Å²) in [6.07, 6.45) is 7.51. The molecule has 9 heteroatoms. The summed E-state index contributed by atoms with van der Waals surface area (Å²) in [5.41, 5.74) is 2.67. The van der Waals surface area contributed by atoms with Crippen LogP contribution in [-0.4, -0.2) is 35.3 Å². The summed E-state index contributed by atoms with van der Waals surface area (Å²) in [6, 6.07) is 3.82. The molecule has 2 aromatic heterocycles. The molecule has 0 radical (unpaired) electrons. The number of nitrogens with zero attached hydrogens (tertiary/aromatic N) is 3. The number of fused-ring (bicyclic) bond motifs is 1. The van der Waals surface area contributed by atoms with Crippen LogP contribution in [0, 0.1) is 20.8 Å². The Morgan fingerprint density at radius 1 is 1.04 bits per heavy atom. The summed E-state index contributed by atoms with van der Waals surface area (Å²) in [5.74, 6) is 0.828. The fraction of sp³-hybridized carbons (Fsp3) is 0.474. The lowest BCUT2D eigenvalue weighted by molar-refractivity contribution is 0.571. The highest BCUT2D eigenvalue weighted by atomic mass is 32.2. The minimum Gasteiger partial charge on any atom is -0.355 e. The lowest BCUT2D eigenvalue weighted by Gasteiger charge is -2.13. The second-order valence-corrected chi connectivity index (χ2v) is 9.49. The number of benzene rings is 1. The van der Waals surface area contributed by atoms with Crippen LogP contribution in [0.3, 0.4) is 0 Å². The van der Waals surface area contributed by atoms with E-state index < -0.39 is 10.0 Å². The largest absolute Gasteiger partial charge is 0.355 e. The summed E-state index contributed by atoms with van der Waals surface area (Å²) in [6.45, 7) is 6.98. The summed E-state index contributed by atoms with van der Waals surface area (Å²) >= 11 is 1.37. The number of hydrogen-bond donors (Lipinski definition) is 2. The Labute approximate surface area is 170 Å². The number of rotatable bonds is 10. The number of imidazole rings is 1. The van der Waals surface area contributed by atoms with E-state index in [0.29, 0.717) is 11.4 Å². The van der Waals surface area contributed by atoms with E-state index in [-0.39, 0.29) is 0 Å². The van der Waals surface area contributed by atoms with E-state index >= 15 is 0 Å².